The molecule has 0 aliphatic rings. The second kappa shape index (κ2) is 8.20. The number of rotatable bonds is 6. The van der Waals surface area contributed by atoms with E-state index in [1.165, 1.54) is 10.6 Å². The first-order valence-electron chi connectivity index (χ1n) is 9.49. The van der Waals surface area contributed by atoms with Crippen LogP contribution in [0.4, 0.5) is 5.95 Å². The first kappa shape index (κ1) is 19.4. The molecule has 0 aliphatic heterocycles. The number of amides is 1. The van der Waals surface area contributed by atoms with E-state index in [-0.39, 0.29) is 11.5 Å². The first-order chi connectivity index (χ1) is 14.5. The highest BCUT2D eigenvalue weighted by Gasteiger charge is 2.15. The summed E-state index contributed by atoms with van der Waals surface area (Å²) in [5, 5.41) is 10.3. The number of anilines is 1. The minimum Gasteiger partial charge on any atom is -0.497 e. The van der Waals surface area contributed by atoms with E-state index in [0.29, 0.717) is 28.7 Å². The topological polar surface area (TPSA) is 102 Å². The van der Waals surface area contributed by atoms with Gasteiger partial charge >= 0.3 is 0 Å². The fraction of sp³-hybridized carbons (Fsp3) is 0.182. The van der Waals surface area contributed by atoms with Crippen LogP contribution >= 0.6 is 0 Å². The Balaban J connectivity index is 1.47. The Hall–Kier alpha value is -3.94. The number of methoxy groups -OCH3 is 1. The van der Waals surface area contributed by atoms with E-state index in [2.05, 4.69) is 20.5 Å². The lowest BCUT2D eigenvalue weighted by atomic mass is 10.1. The van der Waals surface area contributed by atoms with Crippen molar-refractivity contribution in [2.45, 2.75) is 12.8 Å². The van der Waals surface area contributed by atoms with Crippen LogP contribution in [0, 0.1) is 0 Å². The third-order valence-corrected chi connectivity index (χ3v) is 4.97. The van der Waals surface area contributed by atoms with E-state index in [4.69, 9.17) is 4.74 Å². The lowest BCUT2D eigenvalue weighted by molar-refractivity contribution is 0.102. The van der Waals surface area contributed by atoms with Crippen LogP contribution in [0.3, 0.4) is 0 Å². The largest absolute Gasteiger partial charge is 0.497 e. The zero-order valence-electron chi connectivity index (χ0n) is 16.7. The fourth-order valence-electron chi connectivity index (χ4n) is 3.29. The van der Waals surface area contributed by atoms with Crippen LogP contribution in [-0.4, -0.2) is 32.8 Å². The average molecular weight is 403 g/mol. The van der Waals surface area contributed by atoms with Gasteiger partial charge in [0.2, 0.25) is 5.95 Å². The van der Waals surface area contributed by atoms with Gasteiger partial charge in [-0.25, -0.2) is 0 Å². The van der Waals surface area contributed by atoms with Crippen molar-refractivity contribution >= 4 is 22.8 Å². The number of pyridine rings is 1. The van der Waals surface area contributed by atoms with Crippen molar-refractivity contribution in [3.05, 3.63) is 81.9 Å². The van der Waals surface area contributed by atoms with Crippen LogP contribution in [0.15, 0.2) is 59.4 Å². The molecule has 0 spiro atoms. The quantitative estimate of drug-likeness (QED) is 0.515. The second-order valence-electron chi connectivity index (χ2n) is 6.88. The second-order valence-corrected chi connectivity index (χ2v) is 6.88. The zero-order chi connectivity index (χ0) is 21.1. The van der Waals surface area contributed by atoms with Gasteiger partial charge in [0, 0.05) is 24.9 Å². The van der Waals surface area contributed by atoms with Gasteiger partial charge in [-0.2, -0.15) is 4.98 Å². The van der Waals surface area contributed by atoms with Crippen molar-refractivity contribution in [2.24, 2.45) is 7.05 Å². The molecule has 1 amide bonds. The summed E-state index contributed by atoms with van der Waals surface area (Å²) in [5.41, 5.74) is 1.86. The number of hydrogen-bond donors (Lipinski definition) is 2. The molecular weight excluding hydrogens is 382 g/mol. The van der Waals surface area contributed by atoms with E-state index in [0.717, 1.165) is 17.7 Å². The van der Waals surface area contributed by atoms with E-state index in [1.54, 1.807) is 20.2 Å². The molecule has 152 valence electrons. The number of carbonyl (C=O) groups excluding carboxylic acids is 1. The van der Waals surface area contributed by atoms with Crippen LogP contribution in [0.25, 0.3) is 10.9 Å². The van der Waals surface area contributed by atoms with Crippen molar-refractivity contribution in [3.63, 3.8) is 0 Å². The van der Waals surface area contributed by atoms with Crippen molar-refractivity contribution < 1.29 is 9.53 Å². The number of benzene rings is 2. The summed E-state index contributed by atoms with van der Waals surface area (Å²) in [6.07, 6.45) is 1.41. The van der Waals surface area contributed by atoms with Crippen molar-refractivity contribution in [1.29, 1.82) is 0 Å². The minimum absolute atomic E-state index is 0.175. The Morgan fingerprint density at radius 3 is 2.67 bits per heavy atom. The van der Waals surface area contributed by atoms with Gasteiger partial charge in [0.1, 0.15) is 11.6 Å². The number of H-pyrrole nitrogens is 1. The Morgan fingerprint density at radius 1 is 1.13 bits per heavy atom. The lowest BCUT2D eigenvalue weighted by Crippen LogP contribution is -2.22. The van der Waals surface area contributed by atoms with Gasteiger partial charge in [-0.05, 0) is 30.2 Å². The summed E-state index contributed by atoms with van der Waals surface area (Å²) in [7, 11) is 3.31. The summed E-state index contributed by atoms with van der Waals surface area (Å²) >= 11 is 0. The number of nitrogens with zero attached hydrogens (tertiary/aromatic N) is 3. The molecule has 0 atom stereocenters. The highest BCUT2D eigenvalue weighted by molar-refractivity contribution is 6.11. The van der Waals surface area contributed by atoms with Crippen molar-refractivity contribution in [3.8, 4) is 5.75 Å². The highest BCUT2D eigenvalue weighted by atomic mass is 16.5. The van der Waals surface area contributed by atoms with E-state index in [1.807, 2.05) is 42.5 Å². The van der Waals surface area contributed by atoms with E-state index < -0.39 is 5.91 Å². The van der Waals surface area contributed by atoms with Crippen LogP contribution in [0.1, 0.15) is 21.7 Å². The summed E-state index contributed by atoms with van der Waals surface area (Å²) in [4.78, 5) is 29.3. The number of aryl methyl sites for hydroxylation is 3. The van der Waals surface area contributed by atoms with E-state index in [9.17, 15) is 9.59 Å². The Morgan fingerprint density at radius 2 is 1.90 bits per heavy atom. The molecule has 8 heteroatoms. The van der Waals surface area contributed by atoms with Gasteiger partial charge in [-0.3, -0.25) is 20.0 Å². The predicted octanol–water partition coefficient (Wildman–Crippen LogP) is 2.70. The maximum atomic E-state index is 12.8. The average Bonchev–Trinajstić information content (AvgIpc) is 3.22. The van der Waals surface area contributed by atoms with Crippen LogP contribution in [0.2, 0.25) is 0 Å². The molecular formula is C22H21N5O3. The molecule has 0 saturated carbocycles. The van der Waals surface area contributed by atoms with Gasteiger partial charge in [0.05, 0.1) is 18.2 Å². The number of hydrogen-bond acceptors (Lipinski definition) is 5. The number of aromatic amines is 1. The fourth-order valence-corrected chi connectivity index (χ4v) is 3.29. The zero-order valence-corrected chi connectivity index (χ0v) is 16.7. The van der Waals surface area contributed by atoms with Crippen LogP contribution < -0.4 is 15.6 Å². The number of ether oxygens (including phenoxy) is 1. The number of aromatic nitrogens is 4. The molecule has 2 aromatic heterocycles. The van der Waals surface area contributed by atoms with Crippen LogP contribution in [0.5, 0.6) is 5.75 Å². The molecule has 0 unspecified atom stereocenters. The van der Waals surface area contributed by atoms with Crippen molar-refractivity contribution in [1.82, 2.24) is 19.7 Å². The van der Waals surface area contributed by atoms with Gasteiger partial charge in [0.15, 0.2) is 0 Å². The number of fused-ring (bicyclic) bond motifs is 1. The van der Waals surface area contributed by atoms with Gasteiger partial charge < -0.3 is 9.30 Å². The summed E-state index contributed by atoms with van der Waals surface area (Å²) in [6.45, 7) is 0. The maximum Gasteiger partial charge on any atom is 0.258 e. The van der Waals surface area contributed by atoms with Crippen LogP contribution in [-0.2, 0) is 19.9 Å². The molecule has 2 heterocycles. The molecule has 0 fully saturated rings. The molecule has 4 aromatic rings. The molecule has 0 saturated heterocycles. The number of para-hydroxylation sites is 1. The molecule has 30 heavy (non-hydrogen) atoms. The first-order valence-corrected chi connectivity index (χ1v) is 9.49. The molecule has 2 N–H and O–H groups in total. The third kappa shape index (κ3) is 3.93. The monoisotopic (exact) mass is 403 g/mol. The SMILES string of the molecule is COc1ccc(CCc2nc(NC(=O)c3cc(=O)n(C)c4ccccc34)n[nH]2)cc1. The smallest absolute Gasteiger partial charge is 0.258 e. The summed E-state index contributed by atoms with van der Waals surface area (Å²) in [6, 6.07) is 16.4. The maximum absolute atomic E-state index is 12.8. The van der Waals surface area contributed by atoms with E-state index >= 15 is 0 Å². The highest BCUT2D eigenvalue weighted by Crippen LogP contribution is 2.17. The number of nitrogens with one attached hydrogen (secondary N) is 2. The van der Waals surface area contributed by atoms with Crippen molar-refractivity contribution in [2.75, 3.05) is 12.4 Å². The molecule has 0 bridgehead atoms. The standard InChI is InChI=1S/C22H21N5O3/c1-27-18-6-4-3-5-16(18)17(13-20(27)28)21(29)24-22-23-19(25-26-22)12-9-14-7-10-15(30-2)11-8-14/h3-8,10-11,13H,9,12H2,1-2H3,(H2,23,24,25,26,29). The Bertz CT molecular complexity index is 1260. The molecule has 4 rings (SSSR count). The lowest BCUT2D eigenvalue weighted by Gasteiger charge is -2.09. The number of carbonyl (C=O) groups is 1. The van der Waals surface area contributed by atoms with Gasteiger partial charge in [0.25, 0.3) is 11.5 Å². The minimum atomic E-state index is -0.426. The predicted molar refractivity (Wildman–Crippen MR) is 114 cm³/mol. The Labute approximate surface area is 172 Å². The summed E-state index contributed by atoms with van der Waals surface area (Å²) in [5.74, 6) is 1.22. The summed E-state index contributed by atoms with van der Waals surface area (Å²) < 4.78 is 6.67. The van der Waals surface area contributed by atoms with Gasteiger partial charge in [-0.15, -0.1) is 5.10 Å². The molecule has 0 aliphatic carbocycles. The molecule has 0 radical (unpaired) electrons. The molecule has 2 aromatic carbocycles. The normalized spacial score (nSPS) is 10.9. The van der Waals surface area contributed by atoms with Gasteiger partial charge in [-0.1, -0.05) is 30.3 Å². The third-order valence-electron chi connectivity index (χ3n) is 4.97. The Kier molecular flexibility index (Phi) is 5.30. The molecule has 8 nitrogen and oxygen atoms in total.